The molecule has 0 saturated carbocycles. The van der Waals surface area contributed by atoms with E-state index < -0.39 is 0 Å². The normalized spacial score (nSPS) is 19.9. The van der Waals surface area contributed by atoms with Crippen molar-refractivity contribution in [3.63, 3.8) is 0 Å². The number of imidazole rings is 1. The molecule has 0 saturated heterocycles. The highest BCUT2D eigenvalue weighted by Crippen LogP contribution is 2.29. The highest BCUT2D eigenvalue weighted by molar-refractivity contribution is 6.32. The molecule has 0 N–H and O–H groups in total. The van der Waals surface area contributed by atoms with E-state index in [1.165, 1.54) is 0 Å². The van der Waals surface area contributed by atoms with Gasteiger partial charge in [-0.25, -0.2) is 4.98 Å². The zero-order valence-electron chi connectivity index (χ0n) is 12.9. The van der Waals surface area contributed by atoms with Crippen LogP contribution in [-0.2, 0) is 11.3 Å². The van der Waals surface area contributed by atoms with Gasteiger partial charge in [-0.1, -0.05) is 23.8 Å². The van der Waals surface area contributed by atoms with Gasteiger partial charge in [-0.05, 0) is 18.6 Å². The van der Waals surface area contributed by atoms with E-state index in [-0.39, 0.29) is 12.2 Å². The number of hydrogen-bond acceptors (Lipinski definition) is 4. The van der Waals surface area contributed by atoms with Crippen molar-refractivity contribution < 1.29 is 14.2 Å². The first-order valence-electron chi connectivity index (χ1n) is 7.50. The molecule has 23 heavy (non-hydrogen) atoms. The second-order valence-electron chi connectivity index (χ2n) is 5.29. The summed E-state index contributed by atoms with van der Waals surface area (Å²) in [5, 5.41) is 0.531. The Labute approximate surface area is 140 Å². The second kappa shape index (κ2) is 7.53. The molecule has 0 fully saturated rings. The number of methoxy groups -OCH3 is 1. The second-order valence-corrected chi connectivity index (χ2v) is 5.70. The summed E-state index contributed by atoms with van der Waals surface area (Å²) < 4.78 is 18.8. The quantitative estimate of drug-likeness (QED) is 0.729. The Morgan fingerprint density at radius 3 is 2.91 bits per heavy atom. The van der Waals surface area contributed by atoms with Crippen molar-refractivity contribution in [3.8, 4) is 11.5 Å². The van der Waals surface area contributed by atoms with Gasteiger partial charge < -0.3 is 18.8 Å². The van der Waals surface area contributed by atoms with Crippen LogP contribution >= 0.6 is 11.6 Å². The van der Waals surface area contributed by atoms with Crippen LogP contribution in [0.2, 0.25) is 5.02 Å². The minimum absolute atomic E-state index is 0.0547. The molecule has 122 valence electrons. The lowest BCUT2D eigenvalue weighted by Crippen LogP contribution is -2.20. The van der Waals surface area contributed by atoms with Crippen molar-refractivity contribution in [2.45, 2.75) is 25.2 Å². The summed E-state index contributed by atoms with van der Waals surface area (Å²) >= 11 is 6.16. The van der Waals surface area contributed by atoms with Gasteiger partial charge in [0.2, 0.25) is 0 Å². The van der Waals surface area contributed by atoms with Crippen molar-refractivity contribution in [3.05, 3.63) is 54.1 Å². The molecule has 1 aliphatic rings. The van der Waals surface area contributed by atoms with Gasteiger partial charge in [-0.3, -0.25) is 0 Å². The number of hydrogen-bond donors (Lipinski definition) is 0. The van der Waals surface area contributed by atoms with Crippen LogP contribution in [0.3, 0.4) is 0 Å². The van der Waals surface area contributed by atoms with Gasteiger partial charge in [0.1, 0.15) is 24.2 Å². The maximum atomic E-state index is 6.16. The van der Waals surface area contributed by atoms with Crippen molar-refractivity contribution in [1.29, 1.82) is 0 Å². The number of ether oxygens (including phenoxy) is 3. The van der Waals surface area contributed by atoms with E-state index in [1.54, 1.807) is 25.4 Å². The first-order chi connectivity index (χ1) is 11.2. The summed E-state index contributed by atoms with van der Waals surface area (Å²) in [6.45, 7) is 1.32. The lowest BCUT2D eigenvalue weighted by molar-refractivity contribution is 0.0268. The van der Waals surface area contributed by atoms with Crippen LogP contribution in [0.15, 0.2) is 49.1 Å². The summed E-state index contributed by atoms with van der Waals surface area (Å²) in [7, 11) is 1.60. The summed E-state index contributed by atoms with van der Waals surface area (Å²) in [6.07, 6.45) is 10.6. The van der Waals surface area contributed by atoms with Crippen LogP contribution in [-0.4, -0.2) is 35.5 Å². The van der Waals surface area contributed by atoms with E-state index in [1.807, 2.05) is 29.2 Å². The SMILES string of the molecule is COc1ccc(OCC2C=CC(CCn3ccnc3)O2)c(Cl)c1. The molecule has 2 heterocycles. The molecule has 0 amide bonds. The topological polar surface area (TPSA) is 45.5 Å². The van der Waals surface area contributed by atoms with Gasteiger partial charge in [0.15, 0.2) is 0 Å². The minimum atomic E-state index is -0.0547. The van der Waals surface area contributed by atoms with E-state index in [2.05, 4.69) is 11.1 Å². The van der Waals surface area contributed by atoms with Gasteiger partial charge in [-0.2, -0.15) is 0 Å². The molecule has 0 radical (unpaired) electrons. The molecular formula is C17H19ClN2O3. The van der Waals surface area contributed by atoms with Crippen LogP contribution in [0, 0.1) is 0 Å². The van der Waals surface area contributed by atoms with Crippen LogP contribution in [0.25, 0.3) is 0 Å². The molecule has 0 spiro atoms. The number of aromatic nitrogens is 2. The maximum absolute atomic E-state index is 6.16. The Kier molecular flexibility index (Phi) is 5.20. The summed E-state index contributed by atoms with van der Waals surface area (Å²) in [5.74, 6) is 1.34. The Balaban J connectivity index is 1.44. The zero-order chi connectivity index (χ0) is 16.1. The fourth-order valence-corrected chi connectivity index (χ4v) is 2.64. The molecule has 1 aliphatic heterocycles. The maximum Gasteiger partial charge on any atom is 0.138 e. The number of nitrogens with zero attached hydrogens (tertiary/aromatic N) is 2. The highest BCUT2D eigenvalue weighted by atomic mass is 35.5. The molecule has 2 aromatic rings. The smallest absolute Gasteiger partial charge is 0.138 e. The standard InChI is InChI=1S/C17H19ClN2O3/c1-21-14-4-5-17(16(18)10-14)22-11-15-3-2-13(23-15)6-8-20-9-7-19-12-20/h2-5,7,9-10,12-13,15H,6,8,11H2,1H3. The molecule has 2 unspecified atom stereocenters. The lowest BCUT2D eigenvalue weighted by Gasteiger charge is -2.16. The minimum Gasteiger partial charge on any atom is -0.497 e. The van der Waals surface area contributed by atoms with E-state index in [0.29, 0.717) is 23.1 Å². The summed E-state index contributed by atoms with van der Waals surface area (Å²) in [4.78, 5) is 4.03. The van der Waals surface area contributed by atoms with Crippen molar-refractivity contribution in [2.75, 3.05) is 13.7 Å². The van der Waals surface area contributed by atoms with E-state index in [0.717, 1.165) is 13.0 Å². The number of aryl methyl sites for hydroxylation is 1. The number of benzene rings is 1. The predicted molar refractivity (Wildman–Crippen MR) is 88.1 cm³/mol. The Hall–Kier alpha value is -1.98. The molecular weight excluding hydrogens is 316 g/mol. The van der Waals surface area contributed by atoms with E-state index >= 15 is 0 Å². The fourth-order valence-electron chi connectivity index (χ4n) is 2.42. The highest BCUT2D eigenvalue weighted by Gasteiger charge is 2.20. The van der Waals surface area contributed by atoms with Crippen molar-refractivity contribution >= 4 is 11.6 Å². The van der Waals surface area contributed by atoms with Crippen LogP contribution < -0.4 is 9.47 Å². The molecule has 2 atom stereocenters. The average Bonchev–Trinajstić information content (AvgIpc) is 3.23. The average molecular weight is 335 g/mol. The summed E-state index contributed by atoms with van der Waals surface area (Å²) in [5.41, 5.74) is 0. The Bertz CT molecular complexity index is 658. The largest absolute Gasteiger partial charge is 0.497 e. The van der Waals surface area contributed by atoms with Crippen molar-refractivity contribution in [1.82, 2.24) is 9.55 Å². The van der Waals surface area contributed by atoms with E-state index in [4.69, 9.17) is 25.8 Å². The predicted octanol–water partition coefficient (Wildman–Crippen LogP) is 3.34. The molecule has 1 aromatic heterocycles. The zero-order valence-corrected chi connectivity index (χ0v) is 13.6. The first-order valence-corrected chi connectivity index (χ1v) is 7.88. The fraction of sp³-hybridized carbons (Fsp3) is 0.353. The van der Waals surface area contributed by atoms with Crippen LogP contribution in [0.1, 0.15) is 6.42 Å². The number of halogens is 1. The molecule has 3 rings (SSSR count). The number of rotatable bonds is 7. The van der Waals surface area contributed by atoms with Crippen LogP contribution in [0.4, 0.5) is 0 Å². The van der Waals surface area contributed by atoms with Gasteiger partial charge in [0, 0.05) is 25.0 Å². The third-order valence-electron chi connectivity index (χ3n) is 3.66. The molecule has 1 aromatic carbocycles. The third-order valence-corrected chi connectivity index (χ3v) is 3.96. The van der Waals surface area contributed by atoms with Gasteiger partial charge in [0.05, 0.1) is 24.6 Å². The lowest BCUT2D eigenvalue weighted by atomic mass is 10.2. The molecule has 6 heteroatoms. The summed E-state index contributed by atoms with van der Waals surface area (Å²) in [6, 6.07) is 5.35. The monoisotopic (exact) mass is 334 g/mol. The van der Waals surface area contributed by atoms with Crippen molar-refractivity contribution in [2.24, 2.45) is 0 Å². The Morgan fingerprint density at radius 2 is 2.17 bits per heavy atom. The first kappa shape index (κ1) is 15.9. The molecule has 5 nitrogen and oxygen atoms in total. The van der Waals surface area contributed by atoms with Gasteiger partial charge in [0.25, 0.3) is 0 Å². The third kappa shape index (κ3) is 4.27. The molecule has 0 aliphatic carbocycles. The van der Waals surface area contributed by atoms with Crippen LogP contribution in [0.5, 0.6) is 11.5 Å². The van der Waals surface area contributed by atoms with Gasteiger partial charge >= 0.3 is 0 Å². The Morgan fingerprint density at radius 1 is 1.30 bits per heavy atom. The van der Waals surface area contributed by atoms with Gasteiger partial charge in [-0.15, -0.1) is 0 Å². The van der Waals surface area contributed by atoms with E-state index in [9.17, 15) is 0 Å². The molecule has 0 bridgehead atoms.